The van der Waals surface area contributed by atoms with Crippen LogP contribution < -0.4 is 10.6 Å². The fourth-order valence-corrected chi connectivity index (χ4v) is 2.77. The number of hydrogen-bond acceptors (Lipinski definition) is 3. The minimum atomic E-state index is 0.0418. The van der Waals surface area contributed by atoms with Crippen molar-refractivity contribution in [2.75, 3.05) is 38.5 Å². The fraction of sp³-hybridized carbons (Fsp3) is 0.562. The molecule has 0 radical (unpaired) electrons. The van der Waals surface area contributed by atoms with E-state index in [9.17, 15) is 4.79 Å². The zero-order chi connectivity index (χ0) is 14.5. The second kappa shape index (κ2) is 6.75. The lowest BCUT2D eigenvalue weighted by Crippen LogP contribution is -2.31. The molecule has 1 fully saturated rings. The molecule has 1 aliphatic heterocycles. The molecule has 20 heavy (non-hydrogen) atoms. The highest BCUT2D eigenvalue weighted by molar-refractivity contribution is 5.96. The topological polar surface area (TPSA) is 44.4 Å². The number of aryl methyl sites for hydroxylation is 1. The molecule has 0 saturated carbocycles. The lowest BCUT2D eigenvalue weighted by molar-refractivity contribution is 0.0947. The van der Waals surface area contributed by atoms with E-state index in [2.05, 4.69) is 22.5 Å². The Bertz CT molecular complexity index is 473. The van der Waals surface area contributed by atoms with Gasteiger partial charge >= 0.3 is 0 Å². The average Bonchev–Trinajstić information content (AvgIpc) is 2.92. The number of carbonyl (C=O) groups is 1. The Morgan fingerprint density at radius 3 is 2.85 bits per heavy atom. The lowest BCUT2D eigenvalue weighted by Gasteiger charge is -2.14. The maximum atomic E-state index is 12.2. The van der Waals surface area contributed by atoms with Gasteiger partial charge in [-0.25, -0.2) is 0 Å². The third-order valence-corrected chi connectivity index (χ3v) is 4.13. The minimum absolute atomic E-state index is 0.0418. The van der Waals surface area contributed by atoms with Crippen LogP contribution >= 0.6 is 0 Å². The van der Waals surface area contributed by atoms with Crippen molar-refractivity contribution in [1.82, 2.24) is 10.2 Å². The number of rotatable bonds is 5. The van der Waals surface area contributed by atoms with Crippen LogP contribution in [-0.2, 0) is 0 Å². The number of nitrogens with one attached hydrogen (secondary N) is 2. The molecule has 1 aliphatic rings. The van der Waals surface area contributed by atoms with Gasteiger partial charge in [-0.1, -0.05) is 6.92 Å². The van der Waals surface area contributed by atoms with E-state index in [1.165, 1.54) is 6.42 Å². The maximum Gasteiger partial charge on any atom is 0.251 e. The first-order valence-corrected chi connectivity index (χ1v) is 7.43. The van der Waals surface area contributed by atoms with Gasteiger partial charge in [0.1, 0.15) is 0 Å². The van der Waals surface area contributed by atoms with Crippen LogP contribution in [0, 0.1) is 12.8 Å². The van der Waals surface area contributed by atoms with Crippen molar-refractivity contribution in [2.24, 2.45) is 5.92 Å². The lowest BCUT2D eigenvalue weighted by atomic mass is 10.1. The van der Waals surface area contributed by atoms with Crippen LogP contribution in [0.2, 0.25) is 0 Å². The molecular weight excluding hydrogens is 250 g/mol. The summed E-state index contributed by atoms with van der Waals surface area (Å²) in [6, 6.07) is 5.84. The smallest absolute Gasteiger partial charge is 0.251 e. The molecule has 2 N–H and O–H groups in total. The third-order valence-electron chi connectivity index (χ3n) is 4.13. The van der Waals surface area contributed by atoms with Gasteiger partial charge in [-0.2, -0.15) is 0 Å². The van der Waals surface area contributed by atoms with Crippen molar-refractivity contribution in [3.8, 4) is 0 Å². The summed E-state index contributed by atoms with van der Waals surface area (Å²) in [6.07, 6.45) is 1.19. The zero-order valence-corrected chi connectivity index (χ0v) is 12.7. The second-order valence-electron chi connectivity index (χ2n) is 5.54. The molecule has 1 unspecified atom stereocenters. The van der Waals surface area contributed by atoms with Gasteiger partial charge in [-0.15, -0.1) is 0 Å². The van der Waals surface area contributed by atoms with Crippen molar-refractivity contribution < 1.29 is 4.79 Å². The highest BCUT2D eigenvalue weighted by Crippen LogP contribution is 2.16. The monoisotopic (exact) mass is 275 g/mol. The van der Waals surface area contributed by atoms with E-state index in [0.29, 0.717) is 5.92 Å². The zero-order valence-electron chi connectivity index (χ0n) is 12.7. The predicted molar refractivity (Wildman–Crippen MR) is 83.3 cm³/mol. The molecule has 1 aromatic carbocycles. The fourth-order valence-electron chi connectivity index (χ4n) is 2.77. The molecule has 2 rings (SSSR count). The third kappa shape index (κ3) is 3.51. The van der Waals surface area contributed by atoms with E-state index < -0.39 is 0 Å². The highest BCUT2D eigenvalue weighted by atomic mass is 16.1. The Morgan fingerprint density at radius 1 is 1.45 bits per heavy atom. The second-order valence-corrected chi connectivity index (χ2v) is 5.54. The SMILES string of the molecule is CCN1CCC(CNC(=O)c2ccc(NC)cc2C)C1. The maximum absolute atomic E-state index is 12.2. The summed E-state index contributed by atoms with van der Waals surface area (Å²) in [6.45, 7) is 8.32. The molecule has 1 heterocycles. The molecule has 1 aromatic rings. The van der Waals surface area contributed by atoms with Gasteiger partial charge in [0.05, 0.1) is 0 Å². The van der Waals surface area contributed by atoms with Crippen LogP contribution in [-0.4, -0.2) is 44.0 Å². The van der Waals surface area contributed by atoms with Crippen molar-refractivity contribution in [3.05, 3.63) is 29.3 Å². The van der Waals surface area contributed by atoms with Gasteiger partial charge in [0.2, 0.25) is 0 Å². The van der Waals surface area contributed by atoms with Crippen LogP contribution in [0.25, 0.3) is 0 Å². The summed E-state index contributed by atoms with van der Waals surface area (Å²) in [5.41, 5.74) is 2.82. The van der Waals surface area contributed by atoms with E-state index >= 15 is 0 Å². The Balaban J connectivity index is 1.89. The number of anilines is 1. The molecule has 110 valence electrons. The standard InChI is InChI=1S/C16H25N3O/c1-4-19-8-7-13(11-19)10-18-16(20)15-6-5-14(17-3)9-12(15)2/h5-6,9,13,17H,4,7-8,10-11H2,1-3H3,(H,18,20). The molecule has 1 amide bonds. The molecule has 0 aliphatic carbocycles. The molecule has 4 nitrogen and oxygen atoms in total. The normalized spacial score (nSPS) is 19.1. The summed E-state index contributed by atoms with van der Waals surface area (Å²) in [5, 5.41) is 6.16. The van der Waals surface area contributed by atoms with Gasteiger partial charge in [-0.3, -0.25) is 4.79 Å². The summed E-state index contributed by atoms with van der Waals surface area (Å²) in [5.74, 6) is 0.635. The number of amides is 1. The number of hydrogen-bond donors (Lipinski definition) is 2. The van der Waals surface area contributed by atoms with Crippen molar-refractivity contribution in [3.63, 3.8) is 0 Å². The van der Waals surface area contributed by atoms with Crippen LogP contribution in [0.1, 0.15) is 29.3 Å². The number of benzene rings is 1. The quantitative estimate of drug-likeness (QED) is 0.865. The van der Waals surface area contributed by atoms with E-state index in [1.54, 1.807) is 0 Å². The van der Waals surface area contributed by atoms with E-state index in [4.69, 9.17) is 0 Å². The minimum Gasteiger partial charge on any atom is -0.388 e. The Morgan fingerprint density at radius 2 is 2.25 bits per heavy atom. The van der Waals surface area contributed by atoms with Gasteiger partial charge in [-0.05, 0) is 56.1 Å². The predicted octanol–water partition coefficient (Wildman–Crippen LogP) is 2.11. The van der Waals surface area contributed by atoms with E-state index in [-0.39, 0.29) is 5.91 Å². The van der Waals surface area contributed by atoms with Gasteiger partial charge in [0.15, 0.2) is 0 Å². The van der Waals surface area contributed by atoms with Crippen molar-refractivity contribution in [1.29, 1.82) is 0 Å². The molecule has 1 saturated heterocycles. The highest BCUT2D eigenvalue weighted by Gasteiger charge is 2.21. The van der Waals surface area contributed by atoms with E-state index in [1.807, 2.05) is 32.2 Å². The Kier molecular flexibility index (Phi) is 5.01. The molecule has 4 heteroatoms. The number of likely N-dealkylation sites (tertiary alicyclic amines) is 1. The Labute approximate surface area is 121 Å². The van der Waals surface area contributed by atoms with Crippen molar-refractivity contribution in [2.45, 2.75) is 20.3 Å². The first-order chi connectivity index (χ1) is 9.63. The molecule has 0 spiro atoms. The Hall–Kier alpha value is -1.55. The summed E-state index contributed by atoms with van der Waals surface area (Å²) < 4.78 is 0. The first-order valence-electron chi connectivity index (χ1n) is 7.43. The van der Waals surface area contributed by atoms with E-state index in [0.717, 1.165) is 43.0 Å². The number of nitrogens with zero attached hydrogens (tertiary/aromatic N) is 1. The summed E-state index contributed by atoms with van der Waals surface area (Å²) in [7, 11) is 1.88. The molecule has 1 atom stereocenters. The number of carbonyl (C=O) groups excluding carboxylic acids is 1. The van der Waals surface area contributed by atoms with Crippen LogP contribution in [0.4, 0.5) is 5.69 Å². The summed E-state index contributed by atoms with van der Waals surface area (Å²) in [4.78, 5) is 14.7. The van der Waals surface area contributed by atoms with Crippen LogP contribution in [0.15, 0.2) is 18.2 Å². The van der Waals surface area contributed by atoms with Crippen LogP contribution in [0.5, 0.6) is 0 Å². The average molecular weight is 275 g/mol. The van der Waals surface area contributed by atoms with Gasteiger partial charge < -0.3 is 15.5 Å². The van der Waals surface area contributed by atoms with Crippen molar-refractivity contribution >= 4 is 11.6 Å². The summed E-state index contributed by atoms with van der Waals surface area (Å²) >= 11 is 0. The van der Waals surface area contributed by atoms with Gasteiger partial charge in [0.25, 0.3) is 5.91 Å². The first kappa shape index (κ1) is 14.9. The molecule has 0 bridgehead atoms. The van der Waals surface area contributed by atoms with Crippen LogP contribution in [0.3, 0.4) is 0 Å². The molecular formula is C16H25N3O. The molecule has 0 aromatic heterocycles. The van der Waals surface area contributed by atoms with Gasteiger partial charge in [0, 0.05) is 31.4 Å². The largest absolute Gasteiger partial charge is 0.388 e.